The van der Waals surface area contributed by atoms with Crippen molar-refractivity contribution in [1.29, 1.82) is 0 Å². The largest absolute Gasteiger partial charge is 0.399 e. The topological polar surface area (TPSA) is 114 Å². The van der Waals surface area contributed by atoms with Gasteiger partial charge in [-0.05, 0) is 24.3 Å². The first-order chi connectivity index (χ1) is 8.58. The maximum absolute atomic E-state index is 10.7. The van der Waals surface area contributed by atoms with E-state index in [1.54, 1.807) is 24.4 Å². The number of carbonyl (C=O) groups is 1. The van der Waals surface area contributed by atoms with Crippen LogP contribution in [0, 0.1) is 0 Å². The zero-order chi connectivity index (χ0) is 13.1. The Labute approximate surface area is 104 Å². The second-order valence-corrected chi connectivity index (χ2v) is 3.93. The number of rotatable bonds is 4. The molecule has 0 aliphatic carbocycles. The maximum atomic E-state index is 10.7. The molecule has 94 valence electrons. The molecule has 1 heterocycles. The zero-order valence-corrected chi connectivity index (χ0v) is 9.63. The Morgan fingerprint density at radius 3 is 2.94 bits per heavy atom. The number of amides is 1. The van der Waals surface area contributed by atoms with Gasteiger partial charge < -0.3 is 21.9 Å². The molecule has 1 aromatic heterocycles. The summed E-state index contributed by atoms with van der Waals surface area (Å²) in [5, 5.41) is 13.2. The van der Waals surface area contributed by atoms with Gasteiger partial charge in [0.1, 0.15) is 6.10 Å². The summed E-state index contributed by atoms with van der Waals surface area (Å²) in [4.78, 5) is 14.9. The van der Waals surface area contributed by atoms with Crippen LogP contribution in [0.4, 0.5) is 11.4 Å². The number of pyridine rings is 1. The second-order valence-electron chi connectivity index (χ2n) is 3.93. The number of nitrogen functional groups attached to an aromatic ring is 1. The smallest absolute Gasteiger partial charge is 0.248 e. The lowest BCUT2D eigenvalue weighted by molar-refractivity contribution is -0.125. The summed E-state index contributed by atoms with van der Waals surface area (Å²) in [5.74, 6) is -0.759. The Kier molecular flexibility index (Phi) is 3.29. The van der Waals surface area contributed by atoms with Crippen LogP contribution in [-0.4, -0.2) is 28.6 Å². The van der Waals surface area contributed by atoms with E-state index in [0.29, 0.717) is 5.69 Å². The number of aliphatic hydroxyl groups is 1. The van der Waals surface area contributed by atoms with Crippen LogP contribution in [0.2, 0.25) is 0 Å². The Morgan fingerprint density at radius 2 is 2.22 bits per heavy atom. The fourth-order valence-electron chi connectivity index (χ4n) is 1.63. The Bertz CT molecular complexity index is 585. The minimum Gasteiger partial charge on any atom is -0.399 e. The minimum absolute atomic E-state index is 0.0544. The van der Waals surface area contributed by atoms with Crippen LogP contribution < -0.4 is 16.8 Å². The van der Waals surface area contributed by atoms with Crippen molar-refractivity contribution in [2.45, 2.75) is 6.10 Å². The van der Waals surface area contributed by atoms with Gasteiger partial charge >= 0.3 is 0 Å². The zero-order valence-electron chi connectivity index (χ0n) is 9.63. The van der Waals surface area contributed by atoms with Crippen molar-refractivity contribution in [3.63, 3.8) is 0 Å². The Balaban J connectivity index is 2.26. The van der Waals surface area contributed by atoms with Crippen LogP contribution in [0.3, 0.4) is 0 Å². The highest BCUT2D eigenvalue weighted by Crippen LogP contribution is 2.23. The van der Waals surface area contributed by atoms with E-state index < -0.39 is 12.0 Å². The Hall–Kier alpha value is -2.34. The molecule has 0 saturated carbocycles. The summed E-state index contributed by atoms with van der Waals surface area (Å²) in [6, 6.07) is 7.10. The summed E-state index contributed by atoms with van der Waals surface area (Å²) in [7, 11) is 0. The van der Waals surface area contributed by atoms with E-state index in [0.717, 1.165) is 16.6 Å². The first-order valence-corrected chi connectivity index (χ1v) is 5.43. The standard InChI is InChI=1S/C12H14N4O2/c13-7-1-2-8-9(3-4-15-10(8)5-7)16-6-11(17)12(14)18/h1-5,11,17H,6,13H2,(H2,14,18)(H,15,16). The summed E-state index contributed by atoms with van der Waals surface area (Å²) < 4.78 is 0. The summed E-state index contributed by atoms with van der Waals surface area (Å²) in [5.41, 5.74) is 12.8. The molecule has 6 heteroatoms. The van der Waals surface area contributed by atoms with Gasteiger partial charge in [-0.3, -0.25) is 9.78 Å². The molecule has 1 unspecified atom stereocenters. The molecular formula is C12H14N4O2. The molecular weight excluding hydrogens is 232 g/mol. The van der Waals surface area contributed by atoms with E-state index in [2.05, 4.69) is 10.3 Å². The van der Waals surface area contributed by atoms with Gasteiger partial charge in [-0.2, -0.15) is 0 Å². The number of aromatic nitrogens is 1. The lowest BCUT2D eigenvalue weighted by Crippen LogP contribution is -2.34. The highest BCUT2D eigenvalue weighted by atomic mass is 16.3. The van der Waals surface area contributed by atoms with E-state index in [1.165, 1.54) is 0 Å². The average molecular weight is 246 g/mol. The summed E-state index contributed by atoms with van der Waals surface area (Å²) in [6.07, 6.45) is 0.405. The molecule has 0 spiro atoms. The van der Waals surface area contributed by atoms with Crippen LogP contribution in [0.25, 0.3) is 10.9 Å². The van der Waals surface area contributed by atoms with Gasteiger partial charge in [0, 0.05) is 29.5 Å². The van der Waals surface area contributed by atoms with E-state index in [-0.39, 0.29) is 6.54 Å². The molecule has 2 aromatic rings. The molecule has 2 rings (SSSR count). The van der Waals surface area contributed by atoms with Crippen molar-refractivity contribution < 1.29 is 9.90 Å². The monoisotopic (exact) mass is 246 g/mol. The third-order valence-electron chi connectivity index (χ3n) is 2.58. The number of primary amides is 1. The predicted molar refractivity (Wildman–Crippen MR) is 69.8 cm³/mol. The third-order valence-corrected chi connectivity index (χ3v) is 2.58. The lowest BCUT2D eigenvalue weighted by atomic mass is 10.1. The number of carbonyl (C=O) groups excluding carboxylic acids is 1. The number of nitrogens with one attached hydrogen (secondary N) is 1. The number of fused-ring (bicyclic) bond motifs is 1. The van der Waals surface area contributed by atoms with Gasteiger partial charge in [0.15, 0.2) is 0 Å². The number of hydrogen-bond donors (Lipinski definition) is 4. The van der Waals surface area contributed by atoms with Gasteiger partial charge in [0.05, 0.1) is 5.52 Å². The Morgan fingerprint density at radius 1 is 1.44 bits per heavy atom. The van der Waals surface area contributed by atoms with Gasteiger partial charge in [0.25, 0.3) is 0 Å². The number of anilines is 2. The normalized spacial score (nSPS) is 12.3. The number of benzene rings is 1. The van der Waals surface area contributed by atoms with Gasteiger partial charge in [-0.25, -0.2) is 0 Å². The molecule has 1 amide bonds. The van der Waals surface area contributed by atoms with Crippen LogP contribution in [0.1, 0.15) is 0 Å². The third kappa shape index (κ3) is 2.49. The summed E-state index contributed by atoms with van der Waals surface area (Å²) >= 11 is 0. The van der Waals surface area contributed by atoms with Gasteiger partial charge in [-0.1, -0.05) is 0 Å². The molecule has 6 N–H and O–H groups in total. The van der Waals surface area contributed by atoms with E-state index in [4.69, 9.17) is 11.5 Å². The minimum atomic E-state index is -1.22. The van der Waals surface area contributed by atoms with Crippen molar-refractivity contribution in [2.75, 3.05) is 17.6 Å². The number of hydrogen-bond acceptors (Lipinski definition) is 5. The van der Waals surface area contributed by atoms with E-state index >= 15 is 0 Å². The molecule has 0 saturated heterocycles. The van der Waals surface area contributed by atoms with E-state index in [9.17, 15) is 9.90 Å². The number of aliphatic hydroxyl groups excluding tert-OH is 1. The fourth-order valence-corrected chi connectivity index (χ4v) is 1.63. The average Bonchev–Trinajstić information content (AvgIpc) is 2.35. The van der Waals surface area contributed by atoms with Gasteiger partial charge in [0.2, 0.25) is 5.91 Å². The second kappa shape index (κ2) is 4.89. The van der Waals surface area contributed by atoms with Crippen molar-refractivity contribution >= 4 is 28.2 Å². The molecule has 0 bridgehead atoms. The van der Waals surface area contributed by atoms with Gasteiger partial charge in [-0.15, -0.1) is 0 Å². The van der Waals surface area contributed by atoms with Crippen LogP contribution in [0.15, 0.2) is 30.5 Å². The highest BCUT2D eigenvalue weighted by Gasteiger charge is 2.11. The van der Waals surface area contributed by atoms with Crippen molar-refractivity contribution in [3.8, 4) is 0 Å². The van der Waals surface area contributed by atoms with E-state index in [1.807, 2.05) is 6.07 Å². The molecule has 0 radical (unpaired) electrons. The number of nitrogens with zero attached hydrogens (tertiary/aromatic N) is 1. The molecule has 1 aromatic carbocycles. The fraction of sp³-hybridized carbons (Fsp3) is 0.167. The highest BCUT2D eigenvalue weighted by molar-refractivity contribution is 5.92. The predicted octanol–water partition coefficient (Wildman–Crippen LogP) is 0.0751. The molecule has 0 aliphatic heterocycles. The van der Waals surface area contributed by atoms with Crippen LogP contribution in [-0.2, 0) is 4.79 Å². The van der Waals surface area contributed by atoms with Crippen molar-refractivity contribution in [1.82, 2.24) is 4.98 Å². The lowest BCUT2D eigenvalue weighted by Gasteiger charge is -2.11. The molecule has 0 aliphatic rings. The quantitative estimate of drug-likeness (QED) is 0.570. The molecule has 0 fully saturated rings. The first-order valence-electron chi connectivity index (χ1n) is 5.43. The maximum Gasteiger partial charge on any atom is 0.248 e. The van der Waals surface area contributed by atoms with Crippen LogP contribution in [0.5, 0.6) is 0 Å². The molecule has 18 heavy (non-hydrogen) atoms. The number of nitrogens with two attached hydrogens (primary N) is 2. The first kappa shape index (κ1) is 12.1. The van der Waals surface area contributed by atoms with Crippen LogP contribution >= 0.6 is 0 Å². The SMILES string of the molecule is NC(=O)C(O)CNc1ccnc2cc(N)ccc12. The van der Waals surface area contributed by atoms with Crippen molar-refractivity contribution in [3.05, 3.63) is 30.5 Å². The molecule has 6 nitrogen and oxygen atoms in total. The van der Waals surface area contributed by atoms with Crippen molar-refractivity contribution in [2.24, 2.45) is 5.73 Å². The summed E-state index contributed by atoms with van der Waals surface area (Å²) in [6.45, 7) is 0.0544. The molecule has 1 atom stereocenters.